The van der Waals surface area contributed by atoms with E-state index in [0.717, 1.165) is 25.7 Å². The molecule has 7 nitrogen and oxygen atoms in total. The number of halogens is 1. The third kappa shape index (κ3) is 4.16. The molecule has 1 saturated carbocycles. The Morgan fingerprint density at radius 3 is 2.57 bits per heavy atom. The van der Waals surface area contributed by atoms with E-state index in [1.807, 2.05) is 6.92 Å². The van der Waals surface area contributed by atoms with Crippen LogP contribution in [0.1, 0.15) is 54.9 Å². The van der Waals surface area contributed by atoms with Crippen LogP contribution < -0.4 is 10.6 Å². The van der Waals surface area contributed by atoms with Crippen LogP contribution in [0.5, 0.6) is 0 Å². The van der Waals surface area contributed by atoms with Crippen molar-refractivity contribution in [3.05, 3.63) is 52.9 Å². The van der Waals surface area contributed by atoms with Crippen LogP contribution >= 0.6 is 11.6 Å². The fourth-order valence-corrected chi connectivity index (χ4v) is 4.17. The summed E-state index contributed by atoms with van der Waals surface area (Å²) in [5.41, 5.74) is 1.54. The lowest BCUT2D eigenvalue weighted by Gasteiger charge is -2.30. The Bertz CT molecular complexity index is 1070. The highest BCUT2D eigenvalue weighted by molar-refractivity contribution is 6.35. The van der Waals surface area contributed by atoms with E-state index in [4.69, 9.17) is 11.6 Å². The number of hydrogen-bond donors (Lipinski definition) is 3. The summed E-state index contributed by atoms with van der Waals surface area (Å²) in [6.45, 7) is 1.86. The molecule has 0 saturated heterocycles. The minimum Gasteiger partial charge on any atom is -0.367 e. The van der Waals surface area contributed by atoms with Crippen molar-refractivity contribution < 1.29 is 9.59 Å². The van der Waals surface area contributed by atoms with E-state index >= 15 is 0 Å². The summed E-state index contributed by atoms with van der Waals surface area (Å²) in [6.07, 6.45) is 7.31. The van der Waals surface area contributed by atoms with Crippen molar-refractivity contribution >= 4 is 40.1 Å². The summed E-state index contributed by atoms with van der Waals surface area (Å²) >= 11 is 6.23. The first-order chi connectivity index (χ1) is 14.6. The molecule has 1 fully saturated rings. The molecule has 30 heavy (non-hydrogen) atoms. The summed E-state index contributed by atoms with van der Waals surface area (Å²) in [4.78, 5) is 36.5. The van der Waals surface area contributed by atoms with Crippen LogP contribution in [0.25, 0.3) is 11.0 Å². The first-order valence-corrected chi connectivity index (χ1v) is 10.6. The molecule has 1 aliphatic rings. The van der Waals surface area contributed by atoms with Crippen LogP contribution in [-0.2, 0) is 4.79 Å². The van der Waals surface area contributed by atoms with E-state index in [9.17, 15) is 9.59 Å². The van der Waals surface area contributed by atoms with Crippen LogP contribution in [0.15, 0.2) is 36.8 Å². The molecule has 0 atom stereocenters. The lowest BCUT2D eigenvalue weighted by atomic mass is 9.91. The SMILES string of the molecule is CCC(=O)N[C@H]1CC[C@@H](Nc2ncnc3[nH]cc(C(=O)c4ccccc4Cl)c23)CC1. The number of nitrogens with one attached hydrogen (secondary N) is 3. The lowest BCUT2D eigenvalue weighted by molar-refractivity contribution is -0.121. The average Bonchev–Trinajstić information content (AvgIpc) is 3.20. The van der Waals surface area contributed by atoms with E-state index < -0.39 is 0 Å². The molecular weight excluding hydrogens is 402 g/mol. The second kappa shape index (κ2) is 8.83. The second-order valence-electron chi connectivity index (χ2n) is 7.57. The summed E-state index contributed by atoms with van der Waals surface area (Å²) in [5.74, 6) is 0.562. The molecule has 0 unspecified atom stereocenters. The van der Waals surface area contributed by atoms with Crippen LogP contribution in [0.4, 0.5) is 5.82 Å². The maximum atomic E-state index is 13.1. The van der Waals surface area contributed by atoms with Gasteiger partial charge in [-0.05, 0) is 37.8 Å². The number of anilines is 1. The molecule has 2 heterocycles. The van der Waals surface area contributed by atoms with Gasteiger partial charge in [0.15, 0.2) is 5.78 Å². The summed E-state index contributed by atoms with van der Waals surface area (Å²) in [7, 11) is 0. The molecule has 156 valence electrons. The highest BCUT2D eigenvalue weighted by atomic mass is 35.5. The van der Waals surface area contributed by atoms with E-state index in [1.165, 1.54) is 6.33 Å². The van der Waals surface area contributed by atoms with E-state index in [-0.39, 0.29) is 23.8 Å². The third-order valence-corrected chi connectivity index (χ3v) is 5.92. The molecule has 2 aromatic heterocycles. The van der Waals surface area contributed by atoms with E-state index in [0.29, 0.717) is 39.4 Å². The number of amides is 1. The van der Waals surface area contributed by atoms with Gasteiger partial charge in [-0.3, -0.25) is 9.59 Å². The Morgan fingerprint density at radius 1 is 1.10 bits per heavy atom. The topological polar surface area (TPSA) is 99.8 Å². The molecule has 0 spiro atoms. The summed E-state index contributed by atoms with van der Waals surface area (Å²) in [5, 5.41) is 7.64. The number of H-pyrrole nitrogens is 1. The molecule has 0 radical (unpaired) electrons. The predicted octanol–water partition coefficient (Wildman–Crippen LogP) is 4.09. The average molecular weight is 426 g/mol. The third-order valence-electron chi connectivity index (χ3n) is 5.59. The minimum absolute atomic E-state index is 0.0963. The molecule has 0 aliphatic heterocycles. The number of carbonyl (C=O) groups excluding carboxylic acids is 2. The largest absolute Gasteiger partial charge is 0.367 e. The maximum absolute atomic E-state index is 13.1. The zero-order chi connectivity index (χ0) is 21.1. The van der Waals surface area contributed by atoms with Gasteiger partial charge >= 0.3 is 0 Å². The van der Waals surface area contributed by atoms with Crippen LogP contribution in [-0.4, -0.2) is 38.7 Å². The lowest BCUT2D eigenvalue weighted by Crippen LogP contribution is -2.39. The van der Waals surface area contributed by atoms with Crippen molar-refractivity contribution in [1.82, 2.24) is 20.3 Å². The molecule has 1 aliphatic carbocycles. The van der Waals surface area contributed by atoms with Crippen molar-refractivity contribution in [1.29, 1.82) is 0 Å². The Balaban J connectivity index is 1.55. The number of benzene rings is 1. The molecule has 3 N–H and O–H groups in total. The maximum Gasteiger partial charge on any atom is 0.219 e. The fourth-order valence-electron chi connectivity index (χ4n) is 3.95. The van der Waals surface area contributed by atoms with Gasteiger partial charge in [-0.2, -0.15) is 0 Å². The fraction of sp³-hybridized carbons (Fsp3) is 0.364. The number of fused-ring (bicyclic) bond motifs is 1. The van der Waals surface area contributed by atoms with E-state index in [2.05, 4.69) is 25.6 Å². The number of carbonyl (C=O) groups is 2. The second-order valence-corrected chi connectivity index (χ2v) is 7.98. The molecule has 3 aromatic rings. The smallest absolute Gasteiger partial charge is 0.219 e. The summed E-state index contributed by atoms with van der Waals surface area (Å²) in [6, 6.07) is 7.45. The van der Waals surface area contributed by atoms with Crippen molar-refractivity contribution in [2.75, 3.05) is 5.32 Å². The standard InChI is InChI=1S/C22H24ClN5O2/c1-2-18(29)27-13-7-9-14(10-8-13)28-22-19-16(11-24-21(19)25-12-26-22)20(30)15-5-3-4-6-17(15)23/h3-6,11-14H,2,7-10H2,1H3,(H,27,29)(H2,24,25,26,28)/t13-,14+. The quantitative estimate of drug-likeness (QED) is 0.516. The number of nitrogens with zero attached hydrogens (tertiary/aromatic N) is 2. The number of hydrogen-bond acceptors (Lipinski definition) is 5. The Kier molecular flexibility index (Phi) is 5.99. The van der Waals surface area contributed by atoms with Crippen LogP contribution in [0, 0.1) is 0 Å². The van der Waals surface area contributed by atoms with Crippen molar-refractivity contribution in [2.24, 2.45) is 0 Å². The molecule has 4 rings (SSSR count). The normalized spacial score (nSPS) is 18.9. The number of ketones is 1. The number of rotatable bonds is 6. The van der Waals surface area contributed by atoms with Gasteiger partial charge in [0.1, 0.15) is 17.8 Å². The molecular formula is C22H24ClN5O2. The highest BCUT2D eigenvalue weighted by Crippen LogP contribution is 2.30. The van der Waals surface area contributed by atoms with Gasteiger partial charge in [0, 0.05) is 30.3 Å². The number of aromatic amines is 1. The van der Waals surface area contributed by atoms with Gasteiger partial charge in [-0.15, -0.1) is 0 Å². The predicted molar refractivity (Wildman–Crippen MR) is 117 cm³/mol. The first kappa shape index (κ1) is 20.3. The van der Waals surface area contributed by atoms with Gasteiger partial charge < -0.3 is 15.6 Å². The first-order valence-electron chi connectivity index (χ1n) is 10.2. The van der Waals surface area contributed by atoms with E-state index in [1.54, 1.807) is 30.5 Å². The van der Waals surface area contributed by atoms with Gasteiger partial charge in [0.05, 0.1) is 16.0 Å². The molecule has 1 aromatic carbocycles. The Morgan fingerprint density at radius 2 is 1.83 bits per heavy atom. The minimum atomic E-state index is -0.171. The van der Waals surface area contributed by atoms with Gasteiger partial charge in [0.25, 0.3) is 0 Å². The molecule has 8 heteroatoms. The van der Waals surface area contributed by atoms with Gasteiger partial charge in [-0.25, -0.2) is 9.97 Å². The van der Waals surface area contributed by atoms with Gasteiger partial charge in [-0.1, -0.05) is 30.7 Å². The highest BCUT2D eigenvalue weighted by Gasteiger charge is 2.25. The van der Waals surface area contributed by atoms with Crippen molar-refractivity contribution in [2.45, 2.75) is 51.1 Å². The van der Waals surface area contributed by atoms with Crippen LogP contribution in [0.3, 0.4) is 0 Å². The summed E-state index contributed by atoms with van der Waals surface area (Å²) < 4.78 is 0. The molecule has 1 amide bonds. The Hall–Kier alpha value is -2.93. The van der Waals surface area contributed by atoms with Crippen molar-refractivity contribution in [3.63, 3.8) is 0 Å². The zero-order valence-corrected chi connectivity index (χ0v) is 17.5. The zero-order valence-electron chi connectivity index (χ0n) is 16.7. The van der Waals surface area contributed by atoms with Crippen molar-refractivity contribution in [3.8, 4) is 0 Å². The van der Waals surface area contributed by atoms with Crippen LogP contribution in [0.2, 0.25) is 5.02 Å². The van der Waals surface area contributed by atoms with Gasteiger partial charge in [0.2, 0.25) is 5.91 Å². The molecule has 0 bridgehead atoms. The number of aromatic nitrogens is 3. The Labute approximate surface area is 179 Å². The monoisotopic (exact) mass is 425 g/mol.